The molecule has 0 radical (unpaired) electrons. The van der Waals surface area contributed by atoms with Crippen LogP contribution < -0.4 is 26.6 Å². The molecule has 446 valence electrons. The number of carbonyl (C=O) groups excluding carboxylic acids is 7. The maximum Gasteiger partial charge on any atom is 0.303 e. The minimum atomic E-state index is -1.13. The van der Waals surface area contributed by atoms with Crippen LogP contribution in [0, 0.1) is 11.6 Å². The van der Waals surface area contributed by atoms with E-state index in [2.05, 4.69) is 36.4 Å². The van der Waals surface area contributed by atoms with Crippen LogP contribution in [-0.4, -0.2) is 143 Å². The van der Waals surface area contributed by atoms with E-state index in [1.165, 1.54) is 43.0 Å². The second kappa shape index (κ2) is 30.4. The molecule has 0 spiro atoms. The lowest BCUT2D eigenvalue weighted by atomic mass is 9.92. The predicted molar refractivity (Wildman–Crippen MR) is 308 cm³/mol. The number of carbonyl (C=O) groups is 8. The maximum atomic E-state index is 14.8. The molecule has 83 heavy (non-hydrogen) atoms. The number of amides is 5. The summed E-state index contributed by atoms with van der Waals surface area (Å²) >= 11 is 23.6. The molecule has 8 rings (SSSR count). The lowest BCUT2D eigenvalue weighted by molar-refractivity contribution is -0.149. The van der Waals surface area contributed by atoms with E-state index in [-0.39, 0.29) is 93.7 Å². The molecule has 0 aromatic heterocycles. The molecule has 4 aromatic rings. The molecule has 0 aliphatic carbocycles. The summed E-state index contributed by atoms with van der Waals surface area (Å²) in [7, 11) is 0. The van der Waals surface area contributed by atoms with Gasteiger partial charge in [0.15, 0.2) is 11.6 Å². The van der Waals surface area contributed by atoms with Gasteiger partial charge in [0, 0.05) is 79.0 Å². The molecular formula is C58H66Cl4F2N8O11. The van der Waals surface area contributed by atoms with Crippen LogP contribution in [0.5, 0.6) is 0 Å². The molecular weight excluding hydrogens is 1160 g/mol. The first-order valence-electron chi connectivity index (χ1n) is 27.3. The van der Waals surface area contributed by atoms with Crippen molar-refractivity contribution in [3.8, 4) is 0 Å². The zero-order chi connectivity index (χ0) is 59.9. The summed E-state index contributed by atoms with van der Waals surface area (Å²) in [6.07, 6.45) is 2.78. The van der Waals surface area contributed by atoms with Crippen LogP contribution in [0.4, 0.5) is 20.2 Å². The summed E-state index contributed by atoms with van der Waals surface area (Å²) in [6, 6.07) is 17.0. The van der Waals surface area contributed by atoms with E-state index in [1.54, 1.807) is 0 Å². The van der Waals surface area contributed by atoms with Gasteiger partial charge in [-0.1, -0.05) is 94.9 Å². The van der Waals surface area contributed by atoms with Gasteiger partial charge in [-0.2, -0.15) is 0 Å². The second-order valence-corrected chi connectivity index (χ2v) is 22.3. The van der Waals surface area contributed by atoms with Crippen LogP contribution in [0.3, 0.4) is 0 Å². The first-order chi connectivity index (χ1) is 39.6. The van der Waals surface area contributed by atoms with Crippen molar-refractivity contribution in [3.63, 3.8) is 0 Å². The zero-order valence-corrected chi connectivity index (χ0v) is 48.8. The van der Waals surface area contributed by atoms with Crippen LogP contribution in [0.25, 0.3) is 0 Å². The van der Waals surface area contributed by atoms with Gasteiger partial charge in [0.25, 0.3) is 0 Å². The molecule has 4 aromatic carbocycles. The SMILES string of the molecule is CC(=O)OC1CCN(CC[C@H](NC(=O)[C@@H]2Cc3ccccc3CN2)C(=O)Nc2ccc(Cl)c(Cl)c2F)CC1.CC(=O)OC1CCN(CC[C@H](NC(=O)[C@@H]2Cc3ccccc3CN2C(=O)CCC(=O)O)C(=O)Nc2ccc(Cl)c(Cl)c2F)CC1. The van der Waals surface area contributed by atoms with Crippen molar-refractivity contribution in [3.05, 3.63) is 127 Å². The van der Waals surface area contributed by atoms with Crippen LogP contribution >= 0.6 is 46.4 Å². The lowest BCUT2D eigenvalue weighted by Crippen LogP contribution is -2.56. The predicted octanol–water partition coefficient (Wildman–Crippen LogP) is 7.48. The maximum absolute atomic E-state index is 14.8. The van der Waals surface area contributed by atoms with Crippen molar-refractivity contribution in [1.82, 2.24) is 30.7 Å². The number of nitrogens with zero attached hydrogens (tertiary/aromatic N) is 3. The minimum absolute atomic E-state index is 0.0283. The number of benzene rings is 4. The molecule has 0 bridgehead atoms. The molecule has 4 aliphatic rings. The molecule has 19 nitrogen and oxygen atoms in total. The summed E-state index contributed by atoms with van der Waals surface area (Å²) in [5.41, 5.74) is 3.59. The van der Waals surface area contributed by atoms with Crippen molar-refractivity contribution in [2.24, 2.45) is 0 Å². The molecule has 5 amide bonds. The molecule has 4 aliphatic heterocycles. The molecule has 4 heterocycles. The lowest BCUT2D eigenvalue weighted by Gasteiger charge is -2.37. The number of ether oxygens (including phenoxy) is 2. The monoisotopic (exact) mass is 1230 g/mol. The summed E-state index contributed by atoms with van der Waals surface area (Å²) in [6.45, 7) is 6.94. The van der Waals surface area contributed by atoms with Gasteiger partial charge in [-0.25, -0.2) is 8.78 Å². The van der Waals surface area contributed by atoms with E-state index in [4.69, 9.17) is 61.0 Å². The summed E-state index contributed by atoms with van der Waals surface area (Å²) in [4.78, 5) is 106. The Morgan fingerprint density at radius 2 is 1.06 bits per heavy atom. The Labute approximate surface area is 499 Å². The third-order valence-corrected chi connectivity index (χ3v) is 16.4. The van der Waals surface area contributed by atoms with Crippen LogP contribution in [0.15, 0.2) is 72.8 Å². The zero-order valence-electron chi connectivity index (χ0n) is 45.8. The normalized spacial score (nSPS) is 18.1. The number of rotatable bonds is 19. The van der Waals surface area contributed by atoms with Gasteiger partial charge >= 0.3 is 17.9 Å². The third kappa shape index (κ3) is 18.3. The fraction of sp³-hybridized carbons (Fsp3) is 0.448. The number of halogens is 6. The highest BCUT2D eigenvalue weighted by atomic mass is 35.5. The Morgan fingerprint density at radius 3 is 1.53 bits per heavy atom. The highest BCUT2D eigenvalue weighted by molar-refractivity contribution is 6.42. The number of piperidine rings is 2. The van der Waals surface area contributed by atoms with Crippen molar-refractivity contribution < 1.29 is 61.7 Å². The fourth-order valence-corrected chi connectivity index (χ4v) is 11.0. The Balaban J connectivity index is 0.000000242. The van der Waals surface area contributed by atoms with Crippen LogP contribution in [0.2, 0.25) is 20.1 Å². The smallest absolute Gasteiger partial charge is 0.303 e. The third-order valence-electron chi connectivity index (χ3n) is 14.9. The number of hydrogen-bond donors (Lipinski definition) is 6. The number of anilines is 2. The van der Waals surface area contributed by atoms with Crippen molar-refractivity contribution in [2.45, 2.75) is 128 Å². The number of nitrogens with one attached hydrogen (secondary N) is 5. The summed E-state index contributed by atoms with van der Waals surface area (Å²) in [5, 5.41) is 22.4. The van der Waals surface area contributed by atoms with Gasteiger partial charge in [0.05, 0.1) is 43.9 Å². The van der Waals surface area contributed by atoms with Gasteiger partial charge in [-0.3, -0.25) is 38.4 Å². The summed E-state index contributed by atoms with van der Waals surface area (Å²) < 4.78 is 40.0. The Hall–Kier alpha value is -6.46. The first kappa shape index (κ1) is 64.1. The molecule has 25 heteroatoms. The van der Waals surface area contributed by atoms with Gasteiger partial charge in [-0.05, 0) is 91.5 Å². The van der Waals surface area contributed by atoms with Crippen molar-refractivity contribution >= 4 is 105 Å². The van der Waals surface area contributed by atoms with Crippen molar-refractivity contribution in [2.75, 3.05) is 49.9 Å². The fourth-order valence-electron chi connectivity index (χ4n) is 10.4. The molecule has 2 fully saturated rings. The quantitative estimate of drug-likeness (QED) is 0.0394. The van der Waals surface area contributed by atoms with Crippen molar-refractivity contribution in [1.29, 1.82) is 0 Å². The Morgan fingerprint density at radius 1 is 0.614 bits per heavy atom. The van der Waals surface area contributed by atoms with E-state index in [0.717, 1.165) is 22.3 Å². The average molecular weight is 1230 g/mol. The highest BCUT2D eigenvalue weighted by Crippen LogP contribution is 2.32. The Kier molecular flexibility index (Phi) is 23.5. The van der Waals surface area contributed by atoms with Crippen LogP contribution in [-0.2, 0) is 73.8 Å². The number of likely N-dealkylation sites (tertiary alicyclic amines) is 2. The van der Waals surface area contributed by atoms with Gasteiger partial charge < -0.3 is 55.9 Å². The molecule has 6 N–H and O–H groups in total. The Bertz CT molecular complexity index is 3040. The van der Waals surface area contributed by atoms with E-state index in [1.807, 2.05) is 48.5 Å². The topological polar surface area (TPSA) is 245 Å². The van der Waals surface area contributed by atoms with E-state index in [0.29, 0.717) is 84.3 Å². The number of carboxylic acid groups (broad SMARTS) is 1. The first-order valence-corrected chi connectivity index (χ1v) is 28.8. The van der Waals surface area contributed by atoms with Gasteiger partial charge in [0.1, 0.15) is 30.3 Å². The number of esters is 2. The molecule has 0 unspecified atom stereocenters. The highest BCUT2D eigenvalue weighted by Gasteiger charge is 2.37. The van der Waals surface area contributed by atoms with E-state index in [9.17, 15) is 47.1 Å². The summed E-state index contributed by atoms with van der Waals surface area (Å²) in [5.74, 6) is -6.19. The van der Waals surface area contributed by atoms with Crippen LogP contribution in [0.1, 0.15) is 87.5 Å². The van der Waals surface area contributed by atoms with E-state index < -0.39 is 65.4 Å². The average Bonchev–Trinajstić information content (AvgIpc) is 3.58. The number of aliphatic carboxylic acids is 1. The van der Waals surface area contributed by atoms with Gasteiger partial charge in [0.2, 0.25) is 29.5 Å². The molecule has 2 saturated heterocycles. The van der Waals surface area contributed by atoms with Gasteiger partial charge in [-0.15, -0.1) is 0 Å². The largest absolute Gasteiger partial charge is 0.481 e. The number of hydrogen-bond acceptors (Lipinski definition) is 13. The minimum Gasteiger partial charge on any atom is -0.481 e. The standard InChI is InChI=1S/C31H35Cl2FN4O7.C27H31Cl2FN4O4/c1-18(39)45-21-10-13-37(14-11-21)15-12-24(30(43)35-23-7-6-22(32)28(33)29(23)34)36-31(44)25-16-19-4-2-3-5-20(19)17-38(25)26(40)8-9-27(41)42;1-16(35)38-19-8-11-34(12-9-19)13-10-22(26(36)32-21-7-6-20(28)24(29)25(21)30)33-27(37)23-14-17-4-2-3-5-18(17)15-31-23/h2-7,21,24-25H,8-17H2,1H3,(H,35,43)(H,36,44)(H,41,42);2-7,19,22-23,31H,8-15H2,1H3,(H,32,36)(H,33,37)/t24-,25-;22-,23-/m00/s1. The number of carboxylic acids is 1. The molecule has 4 atom stereocenters. The van der Waals surface area contributed by atoms with E-state index >= 15 is 0 Å². The molecule has 0 saturated carbocycles. The second-order valence-electron chi connectivity index (χ2n) is 20.7. The number of fused-ring (bicyclic) bond motifs is 2.